The molecule has 0 spiro atoms. The van der Waals surface area contributed by atoms with Crippen LogP contribution < -0.4 is 4.90 Å². The Morgan fingerprint density at radius 1 is 1.22 bits per heavy atom. The van der Waals surface area contributed by atoms with Gasteiger partial charge < -0.3 is 4.90 Å². The average Bonchev–Trinajstić information content (AvgIpc) is 2.86. The number of benzene rings is 1. The molecule has 0 aliphatic carbocycles. The number of thioether (sulfide) groups is 1. The Balaban J connectivity index is 2.07. The molecule has 0 amide bonds. The van der Waals surface area contributed by atoms with Gasteiger partial charge in [0.15, 0.2) is 5.82 Å². The molecule has 1 aromatic heterocycles. The molecule has 18 heavy (non-hydrogen) atoms. The minimum absolute atomic E-state index is 0.328. The van der Waals surface area contributed by atoms with Crippen molar-refractivity contribution in [2.75, 3.05) is 17.7 Å². The number of anilines is 2. The summed E-state index contributed by atoms with van der Waals surface area (Å²) >= 11 is 7.80. The van der Waals surface area contributed by atoms with Crippen molar-refractivity contribution < 1.29 is 0 Å². The largest absolute Gasteiger partial charge is 0.328 e. The number of hydrogen-bond acceptors (Lipinski definition) is 4. The number of para-hydroxylation sites is 1. The number of fused-ring (bicyclic) bond motifs is 1. The maximum Gasteiger partial charge on any atom is 0.224 e. The van der Waals surface area contributed by atoms with Gasteiger partial charge in [0.2, 0.25) is 5.28 Å². The van der Waals surface area contributed by atoms with Gasteiger partial charge in [0.05, 0.1) is 10.6 Å². The molecule has 5 heteroatoms. The van der Waals surface area contributed by atoms with Gasteiger partial charge in [0.25, 0.3) is 0 Å². The van der Waals surface area contributed by atoms with E-state index in [-0.39, 0.29) is 0 Å². The first-order valence-corrected chi connectivity index (χ1v) is 7.10. The van der Waals surface area contributed by atoms with E-state index >= 15 is 0 Å². The smallest absolute Gasteiger partial charge is 0.224 e. The Hall–Kier alpha value is -1.26. The predicted molar refractivity (Wildman–Crippen MR) is 76.0 cm³/mol. The van der Waals surface area contributed by atoms with Crippen LogP contribution in [0.25, 0.3) is 0 Å². The zero-order valence-corrected chi connectivity index (χ0v) is 11.5. The molecular formula is C13H12ClN3S. The Bertz CT molecular complexity index is 574. The first-order chi connectivity index (χ1) is 8.75. The Morgan fingerprint density at radius 2 is 2.00 bits per heavy atom. The quantitative estimate of drug-likeness (QED) is 0.785. The number of aryl methyl sites for hydroxylation is 1. The highest BCUT2D eigenvalue weighted by Gasteiger charge is 2.22. The summed E-state index contributed by atoms with van der Waals surface area (Å²) in [5.74, 6) is 1.96. The van der Waals surface area contributed by atoms with E-state index in [1.165, 1.54) is 0 Å². The lowest BCUT2D eigenvalue weighted by atomic mass is 10.2. The van der Waals surface area contributed by atoms with Crippen LogP contribution >= 0.6 is 23.4 Å². The number of nitrogens with zero attached hydrogens (tertiary/aromatic N) is 3. The molecule has 2 heterocycles. The third kappa shape index (κ3) is 2.06. The Morgan fingerprint density at radius 3 is 2.78 bits per heavy atom. The lowest BCUT2D eigenvalue weighted by Crippen LogP contribution is -2.13. The third-order valence-electron chi connectivity index (χ3n) is 2.94. The summed E-state index contributed by atoms with van der Waals surface area (Å²) in [7, 11) is 2.01. The fraction of sp³-hybridized carbons (Fsp3) is 0.231. The van der Waals surface area contributed by atoms with Crippen molar-refractivity contribution in [2.24, 2.45) is 0 Å². The van der Waals surface area contributed by atoms with Crippen LogP contribution in [0.5, 0.6) is 0 Å². The summed E-state index contributed by atoms with van der Waals surface area (Å²) in [4.78, 5) is 11.9. The van der Waals surface area contributed by atoms with Crippen molar-refractivity contribution in [2.45, 2.75) is 11.3 Å². The van der Waals surface area contributed by atoms with Crippen LogP contribution in [0.2, 0.25) is 5.28 Å². The lowest BCUT2D eigenvalue weighted by molar-refractivity contribution is 0.951. The Labute approximate surface area is 115 Å². The van der Waals surface area contributed by atoms with E-state index in [1.54, 1.807) is 11.8 Å². The van der Waals surface area contributed by atoms with Crippen molar-refractivity contribution in [1.82, 2.24) is 9.97 Å². The summed E-state index contributed by atoms with van der Waals surface area (Å²) in [6.07, 6.45) is 0.970. The van der Waals surface area contributed by atoms with Crippen molar-refractivity contribution in [3.63, 3.8) is 0 Å². The molecule has 3 nitrogen and oxygen atoms in total. The fourth-order valence-electron chi connectivity index (χ4n) is 2.02. The molecule has 0 N–H and O–H groups in total. The van der Waals surface area contributed by atoms with E-state index in [0.717, 1.165) is 34.3 Å². The molecule has 3 rings (SSSR count). The maximum absolute atomic E-state index is 6.00. The highest BCUT2D eigenvalue weighted by Crippen LogP contribution is 2.39. The van der Waals surface area contributed by atoms with E-state index in [0.29, 0.717) is 5.28 Å². The van der Waals surface area contributed by atoms with Crippen molar-refractivity contribution in [3.8, 4) is 0 Å². The molecule has 92 valence electrons. The maximum atomic E-state index is 6.00. The summed E-state index contributed by atoms with van der Waals surface area (Å²) in [6, 6.07) is 10.2. The van der Waals surface area contributed by atoms with Crippen molar-refractivity contribution in [3.05, 3.63) is 41.3 Å². The fourth-order valence-corrected chi connectivity index (χ4v) is 3.33. The van der Waals surface area contributed by atoms with E-state index in [1.807, 2.05) is 25.2 Å². The predicted octanol–water partition coefficient (Wildman–Crippen LogP) is 3.55. The monoisotopic (exact) mass is 277 g/mol. The van der Waals surface area contributed by atoms with Gasteiger partial charge in [0, 0.05) is 24.9 Å². The third-order valence-corrected chi connectivity index (χ3v) is 4.22. The molecule has 2 aromatic rings. The number of rotatable bonds is 2. The summed E-state index contributed by atoms with van der Waals surface area (Å²) in [6.45, 7) is 0. The van der Waals surface area contributed by atoms with Gasteiger partial charge in [-0.3, -0.25) is 0 Å². The average molecular weight is 278 g/mol. The summed E-state index contributed by atoms with van der Waals surface area (Å²) < 4.78 is 0. The van der Waals surface area contributed by atoms with Crippen LogP contribution in [0.1, 0.15) is 5.69 Å². The van der Waals surface area contributed by atoms with E-state index < -0.39 is 0 Å². The standard InChI is InChI=1S/C13H12ClN3S/c1-17(9-5-3-2-4-6-9)12-11-10(7-8-18-11)15-13(14)16-12/h2-6H,7-8H2,1H3. The molecule has 0 unspecified atom stereocenters. The normalized spacial score (nSPS) is 13.4. The highest BCUT2D eigenvalue weighted by molar-refractivity contribution is 7.99. The van der Waals surface area contributed by atoms with Gasteiger partial charge in [-0.25, -0.2) is 4.98 Å². The molecule has 0 bridgehead atoms. The second-order valence-corrected chi connectivity index (χ2v) is 5.53. The number of halogens is 1. The lowest BCUT2D eigenvalue weighted by Gasteiger charge is -2.20. The van der Waals surface area contributed by atoms with Gasteiger partial charge in [0.1, 0.15) is 0 Å². The molecule has 0 saturated heterocycles. The minimum atomic E-state index is 0.328. The van der Waals surface area contributed by atoms with Gasteiger partial charge in [-0.05, 0) is 23.7 Å². The zero-order valence-electron chi connectivity index (χ0n) is 9.93. The van der Waals surface area contributed by atoms with Crippen LogP contribution in [0, 0.1) is 0 Å². The second-order valence-electron chi connectivity index (χ2n) is 4.09. The van der Waals surface area contributed by atoms with E-state index in [9.17, 15) is 0 Å². The summed E-state index contributed by atoms with van der Waals surface area (Å²) in [5.41, 5.74) is 2.17. The van der Waals surface area contributed by atoms with Crippen molar-refractivity contribution in [1.29, 1.82) is 0 Å². The topological polar surface area (TPSA) is 29.0 Å². The van der Waals surface area contributed by atoms with E-state index in [4.69, 9.17) is 11.6 Å². The first kappa shape index (κ1) is 11.8. The minimum Gasteiger partial charge on any atom is -0.328 e. The van der Waals surface area contributed by atoms with Gasteiger partial charge >= 0.3 is 0 Å². The summed E-state index contributed by atoms with van der Waals surface area (Å²) in [5, 5.41) is 0.328. The molecular weight excluding hydrogens is 266 g/mol. The number of hydrogen-bond donors (Lipinski definition) is 0. The van der Waals surface area contributed by atoms with Crippen LogP contribution in [-0.4, -0.2) is 22.8 Å². The molecule has 0 radical (unpaired) electrons. The van der Waals surface area contributed by atoms with E-state index in [2.05, 4.69) is 27.0 Å². The Kier molecular flexibility index (Phi) is 3.14. The molecule has 0 saturated carbocycles. The van der Waals surface area contributed by atoms with Crippen molar-refractivity contribution >= 4 is 34.9 Å². The van der Waals surface area contributed by atoms with Crippen LogP contribution in [0.15, 0.2) is 35.2 Å². The first-order valence-electron chi connectivity index (χ1n) is 5.73. The van der Waals surface area contributed by atoms with Crippen LogP contribution in [0.3, 0.4) is 0 Å². The zero-order chi connectivity index (χ0) is 12.5. The van der Waals surface area contributed by atoms with Gasteiger partial charge in [-0.15, -0.1) is 11.8 Å². The van der Waals surface area contributed by atoms with Gasteiger partial charge in [-0.1, -0.05) is 18.2 Å². The van der Waals surface area contributed by atoms with Gasteiger partial charge in [-0.2, -0.15) is 4.98 Å². The number of aromatic nitrogens is 2. The van der Waals surface area contributed by atoms with Crippen LogP contribution in [0.4, 0.5) is 11.5 Å². The second kappa shape index (κ2) is 4.78. The molecule has 1 aliphatic rings. The van der Waals surface area contributed by atoms with Crippen LogP contribution in [-0.2, 0) is 6.42 Å². The SMILES string of the molecule is CN(c1ccccc1)c1nc(Cl)nc2c1SCC2. The molecule has 0 fully saturated rings. The molecule has 0 atom stereocenters. The molecule has 1 aromatic carbocycles. The molecule has 1 aliphatic heterocycles. The highest BCUT2D eigenvalue weighted by atomic mass is 35.5.